The van der Waals surface area contributed by atoms with Gasteiger partial charge in [-0.15, -0.1) is 0 Å². The van der Waals surface area contributed by atoms with Gasteiger partial charge >= 0.3 is 0 Å². The van der Waals surface area contributed by atoms with Crippen molar-refractivity contribution in [3.63, 3.8) is 0 Å². The maximum absolute atomic E-state index is 6.10. The molecule has 1 N–H and O–H groups in total. The minimum Gasteiger partial charge on any atom is -0.369 e. The van der Waals surface area contributed by atoms with Crippen LogP contribution in [0.2, 0.25) is 5.02 Å². The number of nitrogens with zero attached hydrogens (tertiary/aromatic N) is 2. The van der Waals surface area contributed by atoms with Crippen LogP contribution >= 0.6 is 43.5 Å². The van der Waals surface area contributed by atoms with Crippen molar-refractivity contribution in [2.45, 2.75) is 26.7 Å². The van der Waals surface area contributed by atoms with Crippen LogP contribution in [0.5, 0.6) is 0 Å². The van der Waals surface area contributed by atoms with Crippen molar-refractivity contribution in [3.8, 4) is 11.4 Å². The van der Waals surface area contributed by atoms with Gasteiger partial charge < -0.3 is 5.32 Å². The molecule has 0 aliphatic heterocycles. The number of hydrogen-bond donors (Lipinski definition) is 1. The zero-order chi connectivity index (χ0) is 15.4. The first-order chi connectivity index (χ1) is 10.1. The molecule has 0 unspecified atom stereocenters. The van der Waals surface area contributed by atoms with Gasteiger partial charge in [0.15, 0.2) is 5.82 Å². The maximum atomic E-state index is 6.10. The van der Waals surface area contributed by atoms with E-state index in [1.165, 1.54) is 0 Å². The molecule has 0 spiro atoms. The molecule has 21 heavy (non-hydrogen) atoms. The van der Waals surface area contributed by atoms with Gasteiger partial charge in [-0.2, -0.15) is 0 Å². The second-order valence-corrected chi connectivity index (χ2v) is 6.64. The Morgan fingerprint density at radius 1 is 1.19 bits per heavy atom. The standard InChI is InChI=1S/C15H16Br2ClN3/c1-3-5-12-13(17)15(19-4-2)21-14(20-12)10-8-9(18)6-7-11(10)16/h6-8H,3-5H2,1-2H3,(H,19,20,21). The first kappa shape index (κ1) is 16.7. The van der Waals surface area contributed by atoms with Crippen LogP contribution in [0.4, 0.5) is 5.82 Å². The largest absolute Gasteiger partial charge is 0.369 e. The Hall–Kier alpha value is -0.650. The van der Waals surface area contributed by atoms with Crippen LogP contribution in [0, 0.1) is 0 Å². The zero-order valence-electron chi connectivity index (χ0n) is 11.9. The fourth-order valence-electron chi connectivity index (χ4n) is 1.97. The number of benzene rings is 1. The molecule has 0 atom stereocenters. The summed E-state index contributed by atoms with van der Waals surface area (Å²) in [7, 11) is 0. The van der Waals surface area contributed by atoms with Crippen molar-refractivity contribution >= 4 is 49.3 Å². The quantitative estimate of drug-likeness (QED) is 0.657. The molecule has 0 saturated carbocycles. The van der Waals surface area contributed by atoms with E-state index in [1.54, 1.807) is 0 Å². The normalized spacial score (nSPS) is 10.7. The molecule has 6 heteroatoms. The van der Waals surface area contributed by atoms with Crippen LogP contribution in [-0.2, 0) is 6.42 Å². The lowest BCUT2D eigenvalue weighted by atomic mass is 10.2. The van der Waals surface area contributed by atoms with Gasteiger partial charge in [0.2, 0.25) is 0 Å². The van der Waals surface area contributed by atoms with Crippen molar-refractivity contribution in [1.82, 2.24) is 9.97 Å². The highest BCUT2D eigenvalue weighted by Crippen LogP contribution is 2.32. The molecule has 0 aliphatic rings. The van der Waals surface area contributed by atoms with Gasteiger partial charge in [-0.05, 0) is 47.5 Å². The predicted molar refractivity (Wildman–Crippen MR) is 96.0 cm³/mol. The number of aryl methyl sites for hydroxylation is 1. The Labute approximate surface area is 146 Å². The predicted octanol–water partition coefficient (Wildman–Crippen LogP) is 5.71. The Morgan fingerprint density at radius 3 is 2.62 bits per heavy atom. The lowest BCUT2D eigenvalue weighted by Crippen LogP contribution is -2.06. The molecular weight excluding hydrogens is 417 g/mol. The molecule has 0 fully saturated rings. The van der Waals surface area contributed by atoms with Crippen LogP contribution in [0.15, 0.2) is 27.1 Å². The summed E-state index contributed by atoms with van der Waals surface area (Å²) >= 11 is 13.2. The number of nitrogens with one attached hydrogen (secondary N) is 1. The third-order valence-electron chi connectivity index (χ3n) is 2.92. The molecule has 0 radical (unpaired) electrons. The highest BCUT2D eigenvalue weighted by molar-refractivity contribution is 9.11. The zero-order valence-corrected chi connectivity index (χ0v) is 15.8. The molecule has 0 bridgehead atoms. The fourth-order valence-corrected chi connectivity index (χ4v) is 3.08. The lowest BCUT2D eigenvalue weighted by Gasteiger charge is -2.13. The van der Waals surface area contributed by atoms with Crippen LogP contribution < -0.4 is 5.32 Å². The molecule has 3 nitrogen and oxygen atoms in total. The Morgan fingerprint density at radius 2 is 1.95 bits per heavy atom. The summed E-state index contributed by atoms with van der Waals surface area (Å²) in [5, 5.41) is 3.94. The second-order valence-electron chi connectivity index (χ2n) is 4.56. The minimum absolute atomic E-state index is 0.668. The summed E-state index contributed by atoms with van der Waals surface area (Å²) in [5.74, 6) is 1.49. The summed E-state index contributed by atoms with van der Waals surface area (Å²) < 4.78 is 1.87. The summed E-state index contributed by atoms with van der Waals surface area (Å²) in [5.41, 5.74) is 1.90. The first-order valence-electron chi connectivity index (χ1n) is 6.82. The van der Waals surface area contributed by atoms with Crippen molar-refractivity contribution in [3.05, 3.63) is 37.9 Å². The molecule has 0 amide bonds. The molecule has 1 aromatic carbocycles. The fraction of sp³-hybridized carbons (Fsp3) is 0.333. The van der Waals surface area contributed by atoms with Gasteiger partial charge in [-0.1, -0.05) is 40.9 Å². The minimum atomic E-state index is 0.668. The number of anilines is 1. The van der Waals surface area contributed by atoms with Gasteiger partial charge in [0.1, 0.15) is 5.82 Å². The summed E-state index contributed by atoms with van der Waals surface area (Å²) in [6, 6.07) is 5.63. The summed E-state index contributed by atoms with van der Waals surface area (Å²) in [6.07, 6.45) is 1.92. The highest BCUT2D eigenvalue weighted by Gasteiger charge is 2.14. The smallest absolute Gasteiger partial charge is 0.163 e. The lowest BCUT2D eigenvalue weighted by molar-refractivity contribution is 0.867. The van der Waals surface area contributed by atoms with E-state index in [9.17, 15) is 0 Å². The van der Waals surface area contributed by atoms with Crippen LogP contribution in [-0.4, -0.2) is 16.5 Å². The molecule has 1 heterocycles. The van der Waals surface area contributed by atoms with Crippen molar-refractivity contribution < 1.29 is 0 Å². The van der Waals surface area contributed by atoms with Crippen molar-refractivity contribution in [2.24, 2.45) is 0 Å². The van der Waals surface area contributed by atoms with Crippen molar-refractivity contribution in [1.29, 1.82) is 0 Å². The van der Waals surface area contributed by atoms with Crippen molar-refractivity contribution in [2.75, 3.05) is 11.9 Å². The van der Waals surface area contributed by atoms with E-state index in [-0.39, 0.29) is 0 Å². The number of rotatable bonds is 5. The Kier molecular flexibility index (Phi) is 6.02. The van der Waals surface area contributed by atoms with Gasteiger partial charge in [-0.25, -0.2) is 9.97 Å². The van der Waals surface area contributed by atoms with E-state index in [1.807, 2.05) is 25.1 Å². The van der Waals surface area contributed by atoms with E-state index < -0.39 is 0 Å². The van der Waals surface area contributed by atoms with E-state index in [2.05, 4.69) is 49.1 Å². The maximum Gasteiger partial charge on any atom is 0.163 e. The molecule has 0 saturated heterocycles. The Bertz CT molecular complexity index is 620. The average molecular weight is 434 g/mol. The monoisotopic (exact) mass is 431 g/mol. The first-order valence-corrected chi connectivity index (χ1v) is 8.78. The van der Waals surface area contributed by atoms with Gasteiger partial charge in [0.25, 0.3) is 0 Å². The van der Waals surface area contributed by atoms with Crippen LogP contribution in [0.1, 0.15) is 26.0 Å². The van der Waals surface area contributed by atoms with Gasteiger partial charge in [0, 0.05) is 21.6 Å². The third kappa shape index (κ3) is 3.96. The second kappa shape index (κ2) is 7.56. The average Bonchev–Trinajstić information content (AvgIpc) is 2.46. The topological polar surface area (TPSA) is 37.8 Å². The summed E-state index contributed by atoms with van der Waals surface area (Å²) in [4.78, 5) is 9.31. The van der Waals surface area contributed by atoms with Gasteiger partial charge in [0.05, 0.1) is 10.2 Å². The summed E-state index contributed by atoms with van der Waals surface area (Å²) in [6.45, 7) is 4.98. The SMILES string of the molecule is CCCc1nc(-c2cc(Cl)ccc2Br)nc(NCC)c1Br. The van der Waals surface area contributed by atoms with Crippen LogP contribution in [0.25, 0.3) is 11.4 Å². The van der Waals surface area contributed by atoms with E-state index in [4.69, 9.17) is 16.6 Å². The number of hydrogen-bond acceptors (Lipinski definition) is 3. The van der Waals surface area contributed by atoms with Gasteiger partial charge in [-0.3, -0.25) is 0 Å². The van der Waals surface area contributed by atoms with E-state index in [0.717, 1.165) is 45.4 Å². The number of halogens is 3. The molecule has 2 aromatic rings. The van der Waals surface area contributed by atoms with E-state index in [0.29, 0.717) is 10.8 Å². The molecular formula is C15H16Br2ClN3. The molecule has 0 aliphatic carbocycles. The Balaban J connectivity index is 2.59. The molecule has 112 valence electrons. The number of aromatic nitrogens is 2. The van der Waals surface area contributed by atoms with E-state index >= 15 is 0 Å². The van der Waals surface area contributed by atoms with Crippen LogP contribution in [0.3, 0.4) is 0 Å². The molecule has 2 rings (SSSR count). The highest BCUT2D eigenvalue weighted by atomic mass is 79.9. The third-order valence-corrected chi connectivity index (χ3v) is 4.68. The molecule has 1 aromatic heterocycles.